The number of phenols is 2. The molecule has 4 aromatic carbocycles. The summed E-state index contributed by atoms with van der Waals surface area (Å²) in [5, 5.41) is 31.5. The van der Waals surface area contributed by atoms with Crippen LogP contribution in [-0.2, 0) is 9.53 Å². The molecule has 248 valence electrons. The van der Waals surface area contributed by atoms with Gasteiger partial charge in [0.15, 0.2) is 47.4 Å². The SMILES string of the molecule is COc1cc(C2Oc3cc([C@@H]4Oc5cc(C)cc(O)c5C(=O)C4O)ccc3O[C@H]2COC(=O)c2ccc(C)cc2OC(C)=O)ccc1O. The second-order valence-corrected chi connectivity index (χ2v) is 11.5. The van der Waals surface area contributed by atoms with Gasteiger partial charge in [-0.1, -0.05) is 18.2 Å². The first-order valence-electron chi connectivity index (χ1n) is 15.0. The van der Waals surface area contributed by atoms with Gasteiger partial charge in [0.25, 0.3) is 0 Å². The minimum atomic E-state index is -1.61. The summed E-state index contributed by atoms with van der Waals surface area (Å²) >= 11 is 0. The average Bonchev–Trinajstić information content (AvgIpc) is 3.04. The zero-order valence-corrected chi connectivity index (χ0v) is 26.4. The van der Waals surface area contributed by atoms with Crippen LogP contribution in [0.2, 0.25) is 0 Å². The van der Waals surface area contributed by atoms with Crippen molar-refractivity contribution in [3.05, 3.63) is 100 Å². The Labute approximate surface area is 275 Å². The highest BCUT2D eigenvalue weighted by molar-refractivity contribution is 6.05. The van der Waals surface area contributed by atoms with Gasteiger partial charge in [0.2, 0.25) is 5.78 Å². The van der Waals surface area contributed by atoms with Crippen molar-refractivity contribution in [2.75, 3.05) is 13.7 Å². The Morgan fingerprint density at radius 2 is 1.50 bits per heavy atom. The predicted octanol–water partition coefficient (Wildman–Crippen LogP) is 5.06. The first-order chi connectivity index (χ1) is 22.9. The van der Waals surface area contributed by atoms with Gasteiger partial charge in [0, 0.05) is 12.5 Å². The molecule has 3 N–H and O–H groups in total. The lowest BCUT2D eigenvalue weighted by Crippen LogP contribution is -2.38. The third kappa shape index (κ3) is 6.17. The van der Waals surface area contributed by atoms with Gasteiger partial charge in [0.05, 0.1) is 7.11 Å². The average molecular weight is 657 g/mol. The van der Waals surface area contributed by atoms with E-state index in [-0.39, 0.29) is 58.0 Å². The van der Waals surface area contributed by atoms with Gasteiger partial charge >= 0.3 is 11.9 Å². The van der Waals surface area contributed by atoms with E-state index in [9.17, 15) is 29.7 Å². The lowest BCUT2D eigenvalue weighted by molar-refractivity contribution is -0.131. The normalized spacial score (nSPS) is 19.5. The second-order valence-electron chi connectivity index (χ2n) is 11.5. The summed E-state index contributed by atoms with van der Waals surface area (Å²) in [7, 11) is 1.40. The van der Waals surface area contributed by atoms with Crippen LogP contribution in [0.4, 0.5) is 0 Å². The highest BCUT2D eigenvalue weighted by Crippen LogP contribution is 2.45. The summed E-state index contributed by atoms with van der Waals surface area (Å²) in [6.45, 7) is 4.47. The highest BCUT2D eigenvalue weighted by atomic mass is 16.6. The zero-order chi connectivity index (χ0) is 34.3. The van der Waals surface area contributed by atoms with Crippen molar-refractivity contribution in [3.8, 4) is 40.2 Å². The number of ether oxygens (including phenoxy) is 6. The molecule has 6 rings (SSSR count). The van der Waals surface area contributed by atoms with E-state index in [0.717, 1.165) is 5.56 Å². The molecule has 0 radical (unpaired) electrons. The molecule has 2 aliphatic heterocycles. The lowest BCUT2D eigenvalue weighted by Gasteiger charge is -2.35. The van der Waals surface area contributed by atoms with Gasteiger partial charge in [-0.2, -0.15) is 0 Å². The maximum atomic E-state index is 13.2. The maximum Gasteiger partial charge on any atom is 0.342 e. The van der Waals surface area contributed by atoms with E-state index >= 15 is 0 Å². The molecule has 4 aromatic rings. The maximum absolute atomic E-state index is 13.2. The number of aliphatic hydroxyl groups excluding tert-OH is 1. The number of Topliss-reactive ketones (excluding diaryl/α,β-unsaturated/α-hetero) is 1. The Hall–Kier alpha value is -5.75. The Morgan fingerprint density at radius 1 is 0.771 bits per heavy atom. The van der Waals surface area contributed by atoms with E-state index in [0.29, 0.717) is 16.7 Å². The molecular formula is C36H32O12. The number of hydrogen-bond donors (Lipinski definition) is 3. The lowest BCUT2D eigenvalue weighted by atomic mass is 9.92. The van der Waals surface area contributed by atoms with Gasteiger partial charge in [-0.3, -0.25) is 9.59 Å². The summed E-state index contributed by atoms with van der Waals surface area (Å²) in [5.74, 6) is -1.52. The Morgan fingerprint density at radius 3 is 2.25 bits per heavy atom. The van der Waals surface area contributed by atoms with Crippen molar-refractivity contribution in [2.24, 2.45) is 0 Å². The van der Waals surface area contributed by atoms with E-state index in [4.69, 9.17) is 28.4 Å². The molecule has 48 heavy (non-hydrogen) atoms. The molecule has 4 atom stereocenters. The first-order valence-corrected chi connectivity index (χ1v) is 15.0. The van der Waals surface area contributed by atoms with Gasteiger partial charge in [-0.15, -0.1) is 0 Å². The molecule has 12 heteroatoms. The van der Waals surface area contributed by atoms with E-state index in [1.54, 1.807) is 62.4 Å². The fourth-order valence-electron chi connectivity index (χ4n) is 5.69. The third-order valence-electron chi connectivity index (χ3n) is 7.97. The fraction of sp³-hybridized carbons (Fsp3) is 0.250. The number of hydrogen-bond acceptors (Lipinski definition) is 12. The standard InChI is InChI=1S/C36H32O12/c1-17-5-8-22(26(12-17)45-19(3)37)36(42)44-16-30-34(20-6-9-23(38)27(14-20)43-4)47-28-15-21(7-10-25(28)46-30)35-33(41)32(40)31-24(39)11-18(2)13-29(31)48-35/h5-15,30,33-35,38-39,41H,16H2,1-4H3/t30-,33?,34?,35-/m0/s1. The number of carbonyl (C=O) groups excluding carboxylic acids is 3. The molecule has 12 nitrogen and oxygen atoms in total. The van der Waals surface area contributed by atoms with Crippen molar-refractivity contribution in [1.82, 2.24) is 0 Å². The molecule has 0 saturated heterocycles. The van der Waals surface area contributed by atoms with E-state index in [1.807, 2.05) is 0 Å². The number of aliphatic hydroxyl groups is 1. The van der Waals surface area contributed by atoms with Crippen LogP contribution in [0, 0.1) is 13.8 Å². The summed E-state index contributed by atoms with van der Waals surface area (Å²) < 4.78 is 34.9. The third-order valence-corrected chi connectivity index (χ3v) is 7.97. The van der Waals surface area contributed by atoms with Crippen LogP contribution in [-0.4, -0.2) is 59.0 Å². The Balaban J connectivity index is 1.31. The number of carbonyl (C=O) groups is 3. The Bertz CT molecular complexity index is 1930. The molecule has 0 aliphatic carbocycles. The number of ketones is 1. The Kier molecular flexibility index (Phi) is 8.59. The monoisotopic (exact) mass is 656 g/mol. The smallest absolute Gasteiger partial charge is 0.342 e. The van der Waals surface area contributed by atoms with Crippen LogP contribution in [0.1, 0.15) is 62.1 Å². The van der Waals surface area contributed by atoms with Crippen LogP contribution < -0.4 is 23.7 Å². The van der Waals surface area contributed by atoms with Crippen LogP contribution in [0.3, 0.4) is 0 Å². The van der Waals surface area contributed by atoms with E-state index in [1.165, 1.54) is 32.2 Å². The largest absolute Gasteiger partial charge is 0.507 e. The number of methoxy groups -OCH3 is 1. The zero-order valence-electron chi connectivity index (χ0n) is 26.4. The first kappa shape index (κ1) is 32.2. The topological polar surface area (TPSA) is 167 Å². The van der Waals surface area contributed by atoms with Gasteiger partial charge in [0.1, 0.15) is 35.0 Å². The van der Waals surface area contributed by atoms with Gasteiger partial charge < -0.3 is 43.7 Å². The number of aromatic hydroxyl groups is 2. The van der Waals surface area contributed by atoms with Crippen LogP contribution in [0.15, 0.2) is 66.7 Å². The fourth-order valence-corrected chi connectivity index (χ4v) is 5.69. The number of fused-ring (bicyclic) bond motifs is 2. The number of rotatable bonds is 7. The van der Waals surface area contributed by atoms with Crippen molar-refractivity contribution in [1.29, 1.82) is 0 Å². The highest BCUT2D eigenvalue weighted by Gasteiger charge is 2.41. The molecule has 0 aromatic heterocycles. The molecular weight excluding hydrogens is 624 g/mol. The van der Waals surface area contributed by atoms with Gasteiger partial charge in [-0.25, -0.2) is 4.79 Å². The molecule has 0 spiro atoms. The van der Waals surface area contributed by atoms with E-state index in [2.05, 4.69) is 0 Å². The van der Waals surface area contributed by atoms with Crippen molar-refractivity contribution >= 4 is 17.7 Å². The van der Waals surface area contributed by atoms with Crippen LogP contribution >= 0.6 is 0 Å². The molecule has 0 fully saturated rings. The molecule has 0 saturated carbocycles. The molecule has 2 unspecified atom stereocenters. The van der Waals surface area contributed by atoms with Crippen molar-refractivity contribution < 1.29 is 58.1 Å². The quantitative estimate of drug-likeness (QED) is 0.179. The van der Waals surface area contributed by atoms with Crippen LogP contribution in [0.25, 0.3) is 0 Å². The molecule has 0 bridgehead atoms. The second kappa shape index (κ2) is 12.8. The van der Waals surface area contributed by atoms with Crippen LogP contribution in [0.5, 0.6) is 40.2 Å². The molecule has 2 aliphatic rings. The summed E-state index contributed by atoms with van der Waals surface area (Å²) in [6.07, 6.45) is -4.54. The number of aryl methyl sites for hydroxylation is 2. The molecule has 2 heterocycles. The number of esters is 2. The molecule has 0 amide bonds. The van der Waals surface area contributed by atoms with E-state index < -0.39 is 42.1 Å². The summed E-state index contributed by atoms with van der Waals surface area (Å²) in [5.41, 5.74) is 2.31. The van der Waals surface area contributed by atoms with Crippen molar-refractivity contribution in [2.45, 2.75) is 45.2 Å². The summed E-state index contributed by atoms with van der Waals surface area (Å²) in [4.78, 5) is 37.9. The summed E-state index contributed by atoms with van der Waals surface area (Å²) in [6, 6.07) is 17.1. The predicted molar refractivity (Wildman–Crippen MR) is 168 cm³/mol. The minimum Gasteiger partial charge on any atom is -0.507 e. The minimum absolute atomic E-state index is 0.0473. The van der Waals surface area contributed by atoms with Gasteiger partial charge in [-0.05, 0) is 79.1 Å². The van der Waals surface area contributed by atoms with Crippen molar-refractivity contribution in [3.63, 3.8) is 0 Å². The number of benzene rings is 4. The number of phenolic OH excluding ortho intramolecular Hbond substituents is 2.